The van der Waals surface area contributed by atoms with E-state index in [0.717, 1.165) is 0 Å². The summed E-state index contributed by atoms with van der Waals surface area (Å²) in [4.78, 5) is 163. The number of H-pyrrole nitrogens is 1. The van der Waals surface area contributed by atoms with Crippen LogP contribution in [0.15, 0.2) is 60.8 Å². The first-order valence-electron chi connectivity index (χ1n) is 27.9. The van der Waals surface area contributed by atoms with Gasteiger partial charge in [-0.1, -0.05) is 76.2 Å². The molecule has 1 heterocycles. The lowest BCUT2D eigenvalue weighted by Crippen LogP contribution is -2.61. The first-order valence-corrected chi connectivity index (χ1v) is 27.9. The monoisotopic (exact) mass is 1210 g/mol. The van der Waals surface area contributed by atoms with Crippen LogP contribution in [0, 0.1) is 11.8 Å². The zero-order chi connectivity index (χ0) is 64.2. The number of para-hydroxylation sites is 1. The van der Waals surface area contributed by atoms with Crippen molar-refractivity contribution in [1.29, 1.82) is 0 Å². The number of hydrogen-bond acceptors (Lipinski definition) is 18. The van der Waals surface area contributed by atoms with Gasteiger partial charge in [-0.3, -0.25) is 52.7 Å². The van der Waals surface area contributed by atoms with E-state index < -0.39 is 170 Å². The second-order valence-electron chi connectivity index (χ2n) is 20.9. The van der Waals surface area contributed by atoms with E-state index >= 15 is 0 Å². The Hall–Kier alpha value is -8.62. The van der Waals surface area contributed by atoms with Crippen molar-refractivity contribution in [2.24, 2.45) is 34.8 Å². The molecule has 23 N–H and O–H groups in total. The highest BCUT2D eigenvalue weighted by Crippen LogP contribution is 2.20. The fourth-order valence-electron chi connectivity index (χ4n) is 8.53. The van der Waals surface area contributed by atoms with E-state index in [0.29, 0.717) is 22.0 Å². The number of amides is 10. The minimum Gasteiger partial charge on any atom is -0.481 e. The van der Waals surface area contributed by atoms with Gasteiger partial charge in [0.2, 0.25) is 59.1 Å². The Morgan fingerprint density at radius 2 is 0.895 bits per heavy atom. The molecule has 0 aliphatic heterocycles. The Balaban J connectivity index is 1.83. The molecular formula is C55H83N15O16. The molecule has 31 nitrogen and oxygen atoms in total. The summed E-state index contributed by atoms with van der Waals surface area (Å²) in [6, 6.07) is 0.325. The number of carbonyl (C=O) groups is 12. The minimum atomic E-state index is -1.83. The number of benzene rings is 2. The molecule has 86 heavy (non-hydrogen) atoms. The Bertz CT molecular complexity index is 2800. The van der Waals surface area contributed by atoms with Gasteiger partial charge in [-0.25, -0.2) is 4.79 Å². The molecule has 10 amide bonds. The van der Waals surface area contributed by atoms with Crippen LogP contribution in [-0.2, 0) is 70.4 Å². The van der Waals surface area contributed by atoms with Crippen molar-refractivity contribution >= 4 is 81.9 Å². The van der Waals surface area contributed by atoms with Crippen LogP contribution in [0.1, 0.15) is 70.9 Å². The lowest BCUT2D eigenvalue weighted by Gasteiger charge is -2.28. The summed E-state index contributed by atoms with van der Waals surface area (Å²) in [5.41, 5.74) is 24.9. The largest absolute Gasteiger partial charge is 0.481 e. The fraction of sp³-hybridized carbons (Fsp3) is 0.527. The van der Waals surface area contributed by atoms with E-state index in [2.05, 4.69) is 58.2 Å². The number of nitrogens with one attached hydrogen (secondary N) is 11. The predicted octanol–water partition coefficient (Wildman–Crippen LogP) is -5.95. The van der Waals surface area contributed by atoms with Gasteiger partial charge in [0, 0.05) is 36.4 Å². The van der Waals surface area contributed by atoms with Crippen LogP contribution in [0.4, 0.5) is 0 Å². The van der Waals surface area contributed by atoms with E-state index in [4.69, 9.17) is 22.9 Å². The Morgan fingerprint density at radius 1 is 0.477 bits per heavy atom. The van der Waals surface area contributed by atoms with Crippen molar-refractivity contribution in [3.63, 3.8) is 0 Å². The normalized spacial score (nSPS) is 14.7. The Labute approximate surface area is 495 Å². The van der Waals surface area contributed by atoms with Crippen LogP contribution >= 0.6 is 0 Å². The topological polar surface area (TPSA) is 526 Å². The van der Waals surface area contributed by atoms with E-state index in [1.54, 1.807) is 74.6 Å². The molecule has 10 atom stereocenters. The van der Waals surface area contributed by atoms with Gasteiger partial charge >= 0.3 is 11.9 Å². The van der Waals surface area contributed by atoms with E-state index in [-0.39, 0.29) is 57.7 Å². The van der Waals surface area contributed by atoms with Gasteiger partial charge < -0.3 is 102 Å². The number of aliphatic hydroxyl groups is 2. The highest BCUT2D eigenvalue weighted by molar-refractivity contribution is 5.99. The number of carboxylic acid groups (broad SMARTS) is 2. The molecule has 0 saturated carbocycles. The fourth-order valence-corrected chi connectivity index (χ4v) is 8.53. The van der Waals surface area contributed by atoms with Gasteiger partial charge in [0.15, 0.2) is 0 Å². The van der Waals surface area contributed by atoms with Crippen LogP contribution in [0.25, 0.3) is 10.9 Å². The van der Waals surface area contributed by atoms with Gasteiger partial charge in [0.25, 0.3) is 0 Å². The Morgan fingerprint density at radius 3 is 1.38 bits per heavy atom. The molecule has 0 fully saturated rings. The number of carbonyl (C=O) groups excluding carboxylic acids is 10. The Kier molecular flexibility index (Phi) is 30.2. The molecule has 2 aromatic carbocycles. The van der Waals surface area contributed by atoms with Crippen molar-refractivity contribution in [2.45, 2.75) is 133 Å². The summed E-state index contributed by atoms with van der Waals surface area (Å²) < 4.78 is 0. The molecule has 31 heteroatoms. The summed E-state index contributed by atoms with van der Waals surface area (Å²) in [7, 11) is 0. The molecule has 0 unspecified atom stereocenters. The first-order chi connectivity index (χ1) is 40.8. The van der Waals surface area contributed by atoms with E-state index in [1.165, 1.54) is 13.8 Å². The standard InChI is InChI=1S/C55H83N15O16/c1-28(2)44(59)54(84)66-35(16-19-56)46(76)61-25-42(73)62-40(26-71)52(82)68-39(23-31-24-60-33-13-9-8-12-32(31)33)51(81)69-41(27-72)53(83)65-36(17-20-57)47(77)64-37(18-21-58)48(78)67-38(22-30-10-6-5-7-11-30)50(80)63-34(14-15-43(74)75)49(79)70-45(29(3)4)55(85)86/h5-13,24,28-29,34-41,44-45,60,71-72H,14-23,25-27,56-59H2,1-4H3,(H,61,76)(H,62,73)(H,63,80)(H,64,77)(H,65,83)(H,66,84)(H,67,78)(H,68,82)(H,69,81)(H,70,79)(H,74,75)(H,85,86)/t34-,35+,36-,37+,38-,39+,40+,41-,44+,45-/m0/s1. The summed E-state index contributed by atoms with van der Waals surface area (Å²) in [6.07, 6.45) is -0.567. The molecule has 0 saturated heterocycles. The molecular weight excluding hydrogens is 1130 g/mol. The first kappa shape index (κ1) is 71.6. The van der Waals surface area contributed by atoms with Crippen molar-refractivity contribution < 1.29 is 78.0 Å². The summed E-state index contributed by atoms with van der Waals surface area (Å²) in [5.74, 6) is -13.3. The lowest BCUT2D eigenvalue weighted by atomic mass is 10.0. The third kappa shape index (κ3) is 23.1. The highest BCUT2D eigenvalue weighted by atomic mass is 16.4. The number of fused-ring (bicyclic) bond motifs is 1. The maximum atomic E-state index is 14.2. The maximum Gasteiger partial charge on any atom is 0.326 e. The van der Waals surface area contributed by atoms with Crippen LogP contribution in [0.5, 0.6) is 0 Å². The highest BCUT2D eigenvalue weighted by Gasteiger charge is 2.36. The number of aromatic amines is 1. The average molecular weight is 1210 g/mol. The second kappa shape index (κ2) is 36.3. The molecule has 0 aliphatic rings. The van der Waals surface area contributed by atoms with Gasteiger partial charge in [-0.15, -0.1) is 0 Å². The third-order valence-corrected chi connectivity index (χ3v) is 13.5. The van der Waals surface area contributed by atoms with E-state index in [9.17, 15) is 78.0 Å². The molecule has 3 rings (SSSR count). The van der Waals surface area contributed by atoms with Gasteiger partial charge in [-0.05, 0) is 74.3 Å². The SMILES string of the molecule is CC(C)[C@H](NC(=O)[C@H](CCC(=O)O)NC(=O)[C@H](Cc1ccccc1)NC(=O)[C@@H](CCN)NC(=O)[C@H](CCN)NC(=O)[C@H](CO)NC(=O)[C@@H](Cc1c[nH]c2ccccc12)NC(=O)[C@@H](CO)NC(=O)CNC(=O)[C@@H](CCN)NC(=O)[C@H](N)C(C)C)C(=O)O. The van der Waals surface area contributed by atoms with Crippen molar-refractivity contribution in [3.05, 3.63) is 71.9 Å². The number of rotatable bonds is 38. The molecule has 0 spiro atoms. The number of aliphatic hydroxyl groups excluding tert-OH is 2. The van der Waals surface area contributed by atoms with Gasteiger partial charge in [-0.2, -0.15) is 0 Å². The average Bonchev–Trinajstić information content (AvgIpc) is 2.97. The van der Waals surface area contributed by atoms with Crippen molar-refractivity contribution in [3.8, 4) is 0 Å². The number of carboxylic acids is 2. The number of hydrogen-bond donors (Lipinski definition) is 19. The molecule has 1 aromatic heterocycles. The molecule has 0 bridgehead atoms. The van der Waals surface area contributed by atoms with Crippen molar-refractivity contribution in [1.82, 2.24) is 58.2 Å². The van der Waals surface area contributed by atoms with Crippen LogP contribution in [0.2, 0.25) is 0 Å². The zero-order valence-electron chi connectivity index (χ0n) is 48.4. The number of aliphatic carboxylic acids is 2. The number of aromatic nitrogens is 1. The van der Waals surface area contributed by atoms with Crippen LogP contribution in [-0.4, -0.2) is 196 Å². The second-order valence-corrected chi connectivity index (χ2v) is 20.9. The van der Waals surface area contributed by atoms with Crippen LogP contribution < -0.4 is 76.1 Å². The maximum absolute atomic E-state index is 14.2. The smallest absolute Gasteiger partial charge is 0.326 e. The zero-order valence-corrected chi connectivity index (χ0v) is 48.4. The van der Waals surface area contributed by atoms with Crippen molar-refractivity contribution in [2.75, 3.05) is 39.4 Å². The molecule has 0 radical (unpaired) electrons. The third-order valence-electron chi connectivity index (χ3n) is 13.5. The van der Waals surface area contributed by atoms with E-state index in [1.807, 2.05) is 0 Å². The van der Waals surface area contributed by atoms with Crippen LogP contribution in [0.3, 0.4) is 0 Å². The summed E-state index contributed by atoms with van der Waals surface area (Å²) >= 11 is 0. The lowest BCUT2D eigenvalue weighted by molar-refractivity contribution is -0.144. The van der Waals surface area contributed by atoms with Gasteiger partial charge in [0.05, 0.1) is 25.8 Å². The minimum absolute atomic E-state index is 0.0135. The molecule has 0 aliphatic carbocycles. The summed E-state index contributed by atoms with van der Waals surface area (Å²) in [6.45, 7) is 3.16. The number of nitrogens with two attached hydrogens (primary N) is 4. The summed E-state index contributed by atoms with van der Waals surface area (Å²) in [5, 5.41) is 64.5. The molecule has 474 valence electrons. The predicted molar refractivity (Wildman–Crippen MR) is 310 cm³/mol. The quantitative estimate of drug-likeness (QED) is 0.0254. The van der Waals surface area contributed by atoms with Gasteiger partial charge in [0.1, 0.15) is 54.4 Å². The molecule has 3 aromatic rings.